The van der Waals surface area contributed by atoms with Crippen molar-refractivity contribution in [3.05, 3.63) is 64.1 Å². The molecule has 1 saturated carbocycles. The minimum atomic E-state index is -0.889. The third-order valence-electron chi connectivity index (χ3n) is 5.48. The lowest BCUT2D eigenvalue weighted by molar-refractivity contribution is 0.105. The molecule has 29 heavy (non-hydrogen) atoms. The predicted molar refractivity (Wildman–Crippen MR) is 112 cm³/mol. The van der Waals surface area contributed by atoms with Crippen molar-refractivity contribution in [2.75, 3.05) is 18.5 Å². The van der Waals surface area contributed by atoms with Crippen LogP contribution in [0.15, 0.2) is 47.4 Å². The Balaban J connectivity index is 1.77. The van der Waals surface area contributed by atoms with Gasteiger partial charge < -0.3 is 15.5 Å². The first-order chi connectivity index (χ1) is 14.2. The molecule has 0 bridgehead atoms. The maximum absolute atomic E-state index is 13.4. The number of aliphatic hydroxyl groups is 2. The van der Waals surface area contributed by atoms with Crippen molar-refractivity contribution in [1.29, 1.82) is 0 Å². The second-order valence-electron chi connectivity index (χ2n) is 7.64. The summed E-state index contributed by atoms with van der Waals surface area (Å²) in [6.07, 6.45) is 5.57. The van der Waals surface area contributed by atoms with Crippen LogP contribution in [0.25, 0.3) is 11.0 Å². The molecule has 7 nitrogen and oxygen atoms in total. The Kier molecular flexibility index (Phi) is 5.87. The Hall–Kier alpha value is -2.77. The second-order valence-corrected chi connectivity index (χ2v) is 7.64. The van der Waals surface area contributed by atoms with E-state index < -0.39 is 6.10 Å². The summed E-state index contributed by atoms with van der Waals surface area (Å²) in [5.41, 5.74) is 2.47. The van der Waals surface area contributed by atoms with Crippen LogP contribution in [0.5, 0.6) is 0 Å². The van der Waals surface area contributed by atoms with Crippen LogP contribution in [0.2, 0.25) is 0 Å². The summed E-state index contributed by atoms with van der Waals surface area (Å²) in [4.78, 5) is 22.3. The van der Waals surface area contributed by atoms with Crippen LogP contribution < -0.4 is 10.9 Å². The topological polar surface area (TPSA) is 100 Å². The van der Waals surface area contributed by atoms with Gasteiger partial charge in [0.15, 0.2) is 0 Å². The number of nitrogens with zero attached hydrogens (tertiary/aromatic N) is 3. The molecule has 4 rings (SSSR count). The van der Waals surface area contributed by atoms with Gasteiger partial charge in [-0.05, 0) is 24.5 Å². The summed E-state index contributed by atoms with van der Waals surface area (Å²) in [6.45, 7) is -0.196. The maximum Gasteiger partial charge on any atom is 0.256 e. The highest BCUT2D eigenvalue weighted by molar-refractivity contribution is 5.76. The van der Waals surface area contributed by atoms with Crippen LogP contribution in [-0.4, -0.2) is 44.0 Å². The molecular weight excluding hydrogens is 368 g/mol. The van der Waals surface area contributed by atoms with E-state index in [2.05, 4.69) is 15.3 Å². The molecule has 0 saturated heterocycles. The highest BCUT2D eigenvalue weighted by atomic mass is 16.3. The number of rotatable bonds is 7. The number of nitrogens with one attached hydrogen (secondary N) is 1. The van der Waals surface area contributed by atoms with Crippen molar-refractivity contribution in [1.82, 2.24) is 14.5 Å². The Morgan fingerprint density at radius 2 is 1.97 bits per heavy atom. The van der Waals surface area contributed by atoms with Gasteiger partial charge in [0.05, 0.1) is 12.7 Å². The van der Waals surface area contributed by atoms with E-state index in [1.807, 2.05) is 41.0 Å². The molecule has 0 spiro atoms. The molecule has 1 aromatic carbocycles. The van der Waals surface area contributed by atoms with Crippen molar-refractivity contribution in [2.24, 2.45) is 0 Å². The fourth-order valence-electron chi connectivity index (χ4n) is 3.98. The third-order valence-corrected chi connectivity index (χ3v) is 5.48. The summed E-state index contributed by atoms with van der Waals surface area (Å²) in [6, 6.07) is 12.0. The molecule has 3 N–H and O–H groups in total. The summed E-state index contributed by atoms with van der Waals surface area (Å²) in [5, 5.41) is 22.3. The number of hydrogen-bond donors (Lipinski definition) is 3. The van der Waals surface area contributed by atoms with Crippen molar-refractivity contribution in [2.45, 2.75) is 44.2 Å². The minimum Gasteiger partial charge on any atom is -0.394 e. The van der Waals surface area contributed by atoms with Crippen molar-refractivity contribution in [3.63, 3.8) is 0 Å². The van der Waals surface area contributed by atoms with Gasteiger partial charge >= 0.3 is 0 Å². The fraction of sp³-hybridized carbons (Fsp3) is 0.409. The molecule has 1 aliphatic rings. The zero-order valence-electron chi connectivity index (χ0n) is 16.3. The van der Waals surface area contributed by atoms with Crippen LogP contribution in [-0.2, 0) is 6.42 Å². The SMILES string of the molecule is O=c1c(Cc2ccccc2)cc2cnc(NCC(O)CO)nc2n1C1CCCC1. The lowest BCUT2D eigenvalue weighted by Gasteiger charge is -2.18. The van der Waals surface area contributed by atoms with Gasteiger partial charge in [0.1, 0.15) is 5.65 Å². The van der Waals surface area contributed by atoms with E-state index in [-0.39, 0.29) is 24.8 Å². The highest BCUT2D eigenvalue weighted by Crippen LogP contribution is 2.31. The summed E-state index contributed by atoms with van der Waals surface area (Å²) in [7, 11) is 0. The average Bonchev–Trinajstić information content (AvgIpc) is 3.27. The molecule has 7 heteroatoms. The standard InChI is InChI=1S/C22H26N4O3/c27-14-19(28)13-24-22-23-12-17-11-16(10-15-6-2-1-3-7-15)21(29)26(20(17)25-22)18-8-4-5-9-18/h1-3,6-7,11-12,18-19,27-28H,4-5,8-10,13-14H2,(H,23,24,25). The Morgan fingerprint density at radius 3 is 2.69 bits per heavy atom. The smallest absolute Gasteiger partial charge is 0.256 e. The van der Waals surface area contributed by atoms with Gasteiger partial charge in [-0.3, -0.25) is 9.36 Å². The third kappa shape index (κ3) is 4.31. The van der Waals surface area contributed by atoms with E-state index in [1.165, 1.54) is 0 Å². The molecule has 3 aromatic rings. The molecule has 1 unspecified atom stereocenters. The first-order valence-corrected chi connectivity index (χ1v) is 10.1. The number of fused-ring (bicyclic) bond motifs is 1. The van der Waals surface area contributed by atoms with Crippen molar-refractivity contribution < 1.29 is 10.2 Å². The molecular formula is C22H26N4O3. The van der Waals surface area contributed by atoms with E-state index >= 15 is 0 Å². The normalized spacial score (nSPS) is 15.7. The molecule has 1 aliphatic carbocycles. The maximum atomic E-state index is 13.4. The Labute approximate surface area is 169 Å². The summed E-state index contributed by atoms with van der Waals surface area (Å²) >= 11 is 0. The van der Waals surface area contributed by atoms with Gasteiger partial charge in [0.2, 0.25) is 5.95 Å². The van der Waals surface area contributed by atoms with Crippen molar-refractivity contribution in [3.8, 4) is 0 Å². The number of benzene rings is 1. The van der Waals surface area contributed by atoms with E-state index in [9.17, 15) is 9.90 Å². The van der Waals surface area contributed by atoms with Gasteiger partial charge in [-0.1, -0.05) is 43.2 Å². The number of hydrogen-bond acceptors (Lipinski definition) is 6. The molecule has 1 fully saturated rings. The van der Waals surface area contributed by atoms with Crippen molar-refractivity contribution >= 4 is 17.0 Å². The summed E-state index contributed by atoms with van der Waals surface area (Å²) in [5.74, 6) is 0.340. The largest absolute Gasteiger partial charge is 0.394 e. The molecule has 2 aromatic heterocycles. The van der Waals surface area contributed by atoms with Gasteiger partial charge in [-0.2, -0.15) is 4.98 Å². The second kappa shape index (κ2) is 8.71. The fourth-order valence-corrected chi connectivity index (χ4v) is 3.98. The zero-order chi connectivity index (χ0) is 20.2. The molecule has 152 valence electrons. The van der Waals surface area contributed by atoms with Crippen LogP contribution >= 0.6 is 0 Å². The van der Waals surface area contributed by atoms with Crippen LogP contribution in [0, 0.1) is 0 Å². The van der Waals surface area contributed by atoms with Gasteiger partial charge in [0.25, 0.3) is 5.56 Å². The zero-order valence-corrected chi connectivity index (χ0v) is 16.3. The number of aromatic nitrogens is 3. The molecule has 0 amide bonds. The molecule has 0 radical (unpaired) electrons. The molecule has 2 heterocycles. The summed E-state index contributed by atoms with van der Waals surface area (Å²) < 4.78 is 1.84. The first kappa shape index (κ1) is 19.5. The van der Waals surface area contributed by atoms with Crippen LogP contribution in [0.3, 0.4) is 0 Å². The minimum absolute atomic E-state index is 0.00768. The number of pyridine rings is 1. The Bertz CT molecular complexity index is 1030. The highest BCUT2D eigenvalue weighted by Gasteiger charge is 2.23. The first-order valence-electron chi connectivity index (χ1n) is 10.1. The van der Waals surface area contributed by atoms with Gasteiger partial charge in [-0.15, -0.1) is 0 Å². The predicted octanol–water partition coefficient (Wildman–Crippen LogP) is 2.26. The van der Waals surface area contributed by atoms with Gasteiger partial charge in [0, 0.05) is 36.2 Å². The molecule has 1 atom stereocenters. The van der Waals surface area contributed by atoms with E-state index in [0.717, 1.165) is 42.2 Å². The number of aliphatic hydroxyl groups excluding tert-OH is 2. The van der Waals surface area contributed by atoms with Crippen LogP contribution in [0.1, 0.15) is 42.9 Å². The Morgan fingerprint density at radius 1 is 1.21 bits per heavy atom. The average molecular weight is 394 g/mol. The lowest BCUT2D eigenvalue weighted by atomic mass is 10.0. The number of anilines is 1. The lowest BCUT2D eigenvalue weighted by Crippen LogP contribution is -2.28. The monoisotopic (exact) mass is 394 g/mol. The van der Waals surface area contributed by atoms with Gasteiger partial charge in [-0.25, -0.2) is 4.98 Å². The quantitative estimate of drug-likeness (QED) is 0.568. The van der Waals surface area contributed by atoms with E-state index in [0.29, 0.717) is 18.0 Å². The van der Waals surface area contributed by atoms with E-state index in [4.69, 9.17) is 5.11 Å². The van der Waals surface area contributed by atoms with E-state index in [1.54, 1.807) is 6.20 Å². The molecule has 0 aliphatic heterocycles. The van der Waals surface area contributed by atoms with Crippen LogP contribution in [0.4, 0.5) is 5.95 Å².